The van der Waals surface area contributed by atoms with Crippen molar-refractivity contribution in [2.45, 2.75) is 24.8 Å². The van der Waals surface area contributed by atoms with Gasteiger partial charge in [0, 0.05) is 30.3 Å². The molecule has 164 valence electrons. The third-order valence-corrected chi connectivity index (χ3v) is 6.49. The summed E-state index contributed by atoms with van der Waals surface area (Å²) in [5, 5.41) is 10.8. The van der Waals surface area contributed by atoms with Gasteiger partial charge in [-0.1, -0.05) is 36.0 Å². The minimum Gasteiger partial charge on any atom is -0.423 e. The summed E-state index contributed by atoms with van der Waals surface area (Å²) in [6, 6.07) is 15.8. The van der Waals surface area contributed by atoms with E-state index in [1.54, 1.807) is 17.8 Å². The Kier molecular flexibility index (Phi) is 5.71. The summed E-state index contributed by atoms with van der Waals surface area (Å²) >= 11 is 1.56. The number of nitrogens with zero attached hydrogens (tertiary/aromatic N) is 4. The molecule has 1 aliphatic heterocycles. The normalized spacial score (nSPS) is 14.2. The molecule has 0 saturated carbocycles. The van der Waals surface area contributed by atoms with Crippen LogP contribution in [-0.4, -0.2) is 41.1 Å². The van der Waals surface area contributed by atoms with E-state index >= 15 is 0 Å². The highest BCUT2D eigenvalue weighted by molar-refractivity contribution is 7.98. The molecule has 0 amide bonds. The third kappa shape index (κ3) is 4.16. The van der Waals surface area contributed by atoms with Gasteiger partial charge in [-0.25, -0.2) is 4.79 Å². The summed E-state index contributed by atoms with van der Waals surface area (Å²) in [6.07, 6.45) is 0. The number of anilines is 1. The van der Waals surface area contributed by atoms with Crippen molar-refractivity contribution in [2.24, 2.45) is 0 Å². The van der Waals surface area contributed by atoms with E-state index in [9.17, 15) is 4.79 Å². The van der Waals surface area contributed by atoms with Crippen LogP contribution in [-0.2, 0) is 10.5 Å². The van der Waals surface area contributed by atoms with Crippen molar-refractivity contribution in [2.75, 3.05) is 31.2 Å². The topological polar surface area (TPSA) is 73.4 Å². The Morgan fingerprint density at radius 3 is 2.62 bits per heavy atom. The molecule has 5 rings (SSSR count). The number of rotatable bonds is 5. The summed E-state index contributed by atoms with van der Waals surface area (Å²) in [6.45, 7) is 6.96. The van der Waals surface area contributed by atoms with Crippen molar-refractivity contribution in [3.63, 3.8) is 0 Å². The van der Waals surface area contributed by atoms with Gasteiger partial charge in [-0.05, 0) is 48.7 Å². The molecule has 1 fully saturated rings. The van der Waals surface area contributed by atoms with E-state index in [0.29, 0.717) is 24.5 Å². The largest absolute Gasteiger partial charge is 0.423 e. The Labute approximate surface area is 190 Å². The number of fused-ring (bicyclic) bond motifs is 1. The molecule has 0 aliphatic carbocycles. The highest BCUT2D eigenvalue weighted by atomic mass is 32.2. The molecule has 8 heteroatoms. The zero-order valence-electron chi connectivity index (χ0n) is 18.1. The van der Waals surface area contributed by atoms with E-state index in [4.69, 9.17) is 9.15 Å². The number of thioether (sulfide) groups is 1. The highest BCUT2D eigenvalue weighted by Gasteiger charge is 2.22. The molecule has 0 spiro atoms. The first-order valence-corrected chi connectivity index (χ1v) is 11.6. The molecule has 1 saturated heterocycles. The van der Waals surface area contributed by atoms with Gasteiger partial charge in [-0.2, -0.15) is 0 Å². The van der Waals surface area contributed by atoms with Gasteiger partial charge in [0.2, 0.25) is 5.95 Å². The first-order chi connectivity index (χ1) is 15.6. The lowest BCUT2D eigenvalue weighted by atomic mass is 10.1. The molecule has 1 aliphatic rings. The first-order valence-electron chi connectivity index (χ1n) is 10.6. The Hall–Kier alpha value is -3.10. The number of hydrogen-bond acceptors (Lipinski definition) is 7. The smallest absolute Gasteiger partial charge is 0.336 e. The van der Waals surface area contributed by atoms with E-state index in [-0.39, 0.29) is 5.63 Å². The van der Waals surface area contributed by atoms with Gasteiger partial charge in [-0.3, -0.25) is 4.57 Å². The molecule has 3 heterocycles. The maximum absolute atomic E-state index is 12.1. The lowest BCUT2D eigenvalue weighted by Gasteiger charge is -2.28. The van der Waals surface area contributed by atoms with Crippen LogP contribution in [0.3, 0.4) is 0 Å². The Morgan fingerprint density at radius 1 is 1.00 bits per heavy atom. The molecule has 0 radical (unpaired) electrons. The Balaban J connectivity index is 1.52. The average molecular weight is 449 g/mol. The van der Waals surface area contributed by atoms with E-state index in [0.717, 1.165) is 46.4 Å². The van der Waals surface area contributed by atoms with Crippen LogP contribution in [0.25, 0.3) is 16.7 Å². The average Bonchev–Trinajstić information content (AvgIpc) is 3.21. The second-order valence-corrected chi connectivity index (χ2v) is 8.88. The fourth-order valence-corrected chi connectivity index (χ4v) is 4.85. The second-order valence-electron chi connectivity index (χ2n) is 7.94. The molecular weight excluding hydrogens is 424 g/mol. The lowest BCUT2D eigenvalue weighted by Crippen LogP contribution is -2.37. The quantitative estimate of drug-likeness (QED) is 0.336. The van der Waals surface area contributed by atoms with Gasteiger partial charge in [-0.15, -0.1) is 10.2 Å². The van der Waals surface area contributed by atoms with Crippen LogP contribution >= 0.6 is 11.8 Å². The number of hydrogen-bond donors (Lipinski definition) is 0. The summed E-state index contributed by atoms with van der Waals surface area (Å²) < 4.78 is 13.0. The van der Waals surface area contributed by atoms with Crippen molar-refractivity contribution in [3.8, 4) is 5.69 Å². The molecule has 2 aromatic heterocycles. The zero-order valence-corrected chi connectivity index (χ0v) is 18.9. The molecule has 2 aromatic carbocycles. The van der Waals surface area contributed by atoms with Crippen molar-refractivity contribution in [1.29, 1.82) is 0 Å². The van der Waals surface area contributed by atoms with Crippen LogP contribution in [0, 0.1) is 13.8 Å². The number of aromatic nitrogens is 3. The Morgan fingerprint density at radius 2 is 1.81 bits per heavy atom. The molecule has 0 bridgehead atoms. The molecule has 0 unspecified atom stereocenters. The van der Waals surface area contributed by atoms with Crippen LogP contribution in [0.4, 0.5) is 5.95 Å². The second kappa shape index (κ2) is 8.80. The molecular formula is C24H24N4O3S. The number of ether oxygens (including phenoxy) is 1. The third-order valence-electron chi connectivity index (χ3n) is 5.51. The number of morpholine rings is 1. The van der Waals surface area contributed by atoms with Crippen molar-refractivity contribution < 1.29 is 9.15 Å². The monoisotopic (exact) mass is 448 g/mol. The van der Waals surface area contributed by atoms with Gasteiger partial charge < -0.3 is 14.1 Å². The SMILES string of the molecule is Cc1cccc(-n2c(SCc3cc(=O)oc4cc(C)ccc34)nnc2N2CCOCC2)c1. The zero-order chi connectivity index (χ0) is 22.1. The van der Waals surface area contributed by atoms with Crippen molar-refractivity contribution >= 4 is 28.7 Å². The van der Waals surface area contributed by atoms with Crippen LogP contribution in [0.2, 0.25) is 0 Å². The molecule has 7 nitrogen and oxygen atoms in total. The summed E-state index contributed by atoms with van der Waals surface area (Å²) in [7, 11) is 0. The minimum absolute atomic E-state index is 0.340. The molecule has 32 heavy (non-hydrogen) atoms. The van der Waals surface area contributed by atoms with Gasteiger partial charge >= 0.3 is 5.63 Å². The maximum Gasteiger partial charge on any atom is 0.336 e. The Bertz CT molecular complexity index is 1320. The lowest BCUT2D eigenvalue weighted by molar-refractivity contribution is 0.122. The summed E-state index contributed by atoms with van der Waals surface area (Å²) in [5.41, 5.74) is 4.44. The predicted molar refractivity (Wildman–Crippen MR) is 126 cm³/mol. The molecule has 0 atom stereocenters. The molecule has 0 N–H and O–H groups in total. The predicted octanol–water partition coefficient (Wildman–Crippen LogP) is 4.12. The van der Waals surface area contributed by atoms with Crippen LogP contribution < -0.4 is 10.5 Å². The highest BCUT2D eigenvalue weighted by Crippen LogP contribution is 2.31. The van der Waals surface area contributed by atoms with E-state index in [1.807, 2.05) is 31.2 Å². The number of aryl methyl sites for hydroxylation is 2. The number of benzene rings is 2. The summed E-state index contributed by atoms with van der Waals surface area (Å²) in [4.78, 5) is 14.3. The fraction of sp³-hybridized carbons (Fsp3) is 0.292. The van der Waals surface area contributed by atoms with Gasteiger partial charge in [0.1, 0.15) is 5.58 Å². The van der Waals surface area contributed by atoms with Gasteiger partial charge in [0.25, 0.3) is 0 Å². The van der Waals surface area contributed by atoms with Crippen molar-refractivity contribution in [1.82, 2.24) is 14.8 Å². The van der Waals surface area contributed by atoms with Crippen molar-refractivity contribution in [3.05, 3.63) is 75.6 Å². The van der Waals surface area contributed by atoms with Crippen LogP contribution in [0.1, 0.15) is 16.7 Å². The van der Waals surface area contributed by atoms with Gasteiger partial charge in [0.15, 0.2) is 5.16 Å². The molecule has 4 aromatic rings. The van der Waals surface area contributed by atoms with Crippen LogP contribution in [0.5, 0.6) is 0 Å². The van der Waals surface area contributed by atoms with E-state index < -0.39 is 0 Å². The first kappa shape index (κ1) is 20.8. The fourth-order valence-electron chi connectivity index (χ4n) is 3.92. The van der Waals surface area contributed by atoms with Gasteiger partial charge in [0.05, 0.1) is 18.9 Å². The maximum atomic E-state index is 12.1. The summed E-state index contributed by atoms with van der Waals surface area (Å²) in [5.74, 6) is 1.40. The van der Waals surface area contributed by atoms with Crippen LogP contribution in [0.15, 0.2) is 62.9 Å². The van der Waals surface area contributed by atoms with E-state index in [1.165, 1.54) is 5.56 Å². The van der Waals surface area contributed by atoms with E-state index in [2.05, 4.69) is 44.8 Å². The standard InChI is InChI=1S/C24H24N4O3S/c1-16-4-3-5-19(12-16)28-23(27-8-10-30-11-9-27)25-26-24(28)32-15-18-14-22(29)31-21-13-17(2)6-7-20(18)21/h3-7,12-14H,8-11,15H2,1-2H3. The minimum atomic E-state index is -0.340.